The number of aromatic nitrogens is 3. The molecule has 6 nitrogen and oxygen atoms in total. The number of hydrogen-bond acceptors (Lipinski definition) is 4. The Bertz CT molecular complexity index is 1390. The molecular weight excluding hydrogens is 581 g/mol. The predicted octanol–water partition coefficient (Wildman–Crippen LogP) is 6.58. The maximum atomic E-state index is 13.4. The molecule has 0 bridgehead atoms. The molecule has 0 radical (unpaired) electrons. The number of fused-ring (bicyclic) bond motifs is 1. The average molecular weight is 607 g/mol. The lowest BCUT2D eigenvalue weighted by molar-refractivity contribution is -0.140. The second-order valence-corrected chi connectivity index (χ2v) is 8.82. The molecule has 1 aliphatic rings. The van der Waals surface area contributed by atoms with Gasteiger partial charge in [0.1, 0.15) is 11.5 Å². The van der Waals surface area contributed by atoms with Crippen molar-refractivity contribution in [1.29, 1.82) is 0 Å². The maximum absolute atomic E-state index is 13.4. The van der Waals surface area contributed by atoms with Gasteiger partial charge in [0.05, 0.1) is 11.7 Å². The fraction of sp³-hybridized carbons (Fsp3) is 0.269. The number of rotatable bonds is 5. The number of halogens is 7. The molecule has 1 aliphatic heterocycles. The van der Waals surface area contributed by atoms with Gasteiger partial charge in [-0.25, -0.2) is 4.39 Å². The van der Waals surface area contributed by atoms with Gasteiger partial charge in [0, 0.05) is 48.4 Å². The third-order valence-electron chi connectivity index (χ3n) is 6.54. The van der Waals surface area contributed by atoms with E-state index in [0.29, 0.717) is 43.6 Å². The molecule has 39 heavy (non-hydrogen) atoms. The fourth-order valence-corrected chi connectivity index (χ4v) is 4.61. The smallest absolute Gasteiger partial charge is 0.371 e. The van der Waals surface area contributed by atoms with Gasteiger partial charge >= 0.3 is 6.18 Å². The molecule has 1 saturated heterocycles. The van der Waals surface area contributed by atoms with Crippen LogP contribution in [0.3, 0.4) is 0 Å². The van der Waals surface area contributed by atoms with Gasteiger partial charge in [-0.2, -0.15) is 18.3 Å². The Kier molecular flexibility index (Phi) is 11.0. The molecule has 0 unspecified atom stereocenters. The Morgan fingerprint density at radius 1 is 1.03 bits per heavy atom. The van der Waals surface area contributed by atoms with Crippen molar-refractivity contribution in [2.24, 2.45) is 5.92 Å². The standard InChI is InChI=1S/C26H23F4N5O.3ClH/c27-19-4-1-16(2-5-19)14-32-25(36)17-8-11-35(12-9-17)23-7-10-31-22-6-3-18(13-20(22)23)21-15-33-34-24(21)26(28,29)30;;;/h1-7,10,13,15,17H,8-9,11-12,14H2,(H,32,36)(H,33,34);3*1H. The van der Waals surface area contributed by atoms with Gasteiger partial charge in [-0.3, -0.25) is 14.9 Å². The van der Waals surface area contributed by atoms with E-state index in [1.54, 1.807) is 36.5 Å². The summed E-state index contributed by atoms with van der Waals surface area (Å²) >= 11 is 0. The number of anilines is 1. The topological polar surface area (TPSA) is 73.9 Å². The van der Waals surface area contributed by atoms with Gasteiger partial charge in [-0.05, 0) is 54.3 Å². The van der Waals surface area contributed by atoms with E-state index in [2.05, 4.69) is 25.4 Å². The molecule has 0 atom stereocenters. The Balaban J connectivity index is 0.00000178. The lowest BCUT2D eigenvalue weighted by Crippen LogP contribution is -2.40. The third-order valence-corrected chi connectivity index (χ3v) is 6.54. The zero-order chi connectivity index (χ0) is 25.3. The van der Waals surface area contributed by atoms with Crippen LogP contribution in [0.25, 0.3) is 22.0 Å². The highest BCUT2D eigenvalue weighted by Crippen LogP contribution is 2.38. The Morgan fingerprint density at radius 2 is 1.72 bits per heavy atom. The van der Waals surface area contributed by atoms with Crippen molar-refractivity contribution in [3.8, 4) is 11.1 Å². The summed E-state index contributed by atoms with van der Waals surface area (Å²) in [4.78, 5) is 19.2. The van der Waals surface area contributed by atoms with Crippen molar-refractivity contribution in [3.05, 3.63) is 78.0 Å². The van der Waals surface area contributed by atoms with Gasteiger partial charge < -0.3 is 10.2 Å². The maximum Gasteiger partial charge on any atom is 0.433 e. The summed E-state index contributed by atoms with van der Waals surface area (Å²) in [5.74, 6) is -0.509. The van der Waals surface area contributed by atoms with Crippen molar-refractivity contribution in [1.82, 2.24) is 20.5 Å². The number of hydrogen-bond donors (Lipinski definition) is 2. The third kappa shape index (κ3) is 7.12. The number of benzene rings is 2. The van der Waals surface area contributed by atoms with Gasteiger partial charge in [0.15, 0.2) is 0 Å². The first-order valence-electron chi connectivity index (χ1n) is 11.6. The second-order valence-electron chi connectivity index (χ2n) is 8.82. The summed E-state index contributed by atoms with van der Waals surface area (Å²) in [6, 6.07) is 12.9. The first-order chi connectivity index (χ1) is 17.3. The van der Waals surface area contributed by atoms with Crippen molar-refractivity contribution >= 4 is 59.7 Å². The van der Waals surface area contributed by atoms with E-state index < -0.39 is 11.9 Å². The van der Waals surface area contributed by atoms with Crippen LogP contribution in [0, 0.1) is 11.7 Å². The minimum atomic E-state index is -4.54. The van der Waals surface area contributed by atoms with Crippen molar-refractivity contribution < 1.29 is 22.4 Å². The van der Waals surface area contributed by atoms with Crippen LogP contribution in [0.5, 0.6) is 0 Å². The number of carbonyl (C=O) groups excluding carboxylic acids is 1. The van der Waals surface area contributed by atoms with E-state index in [9.17, 15) is 22.4 Å². The molecule has 3 heterocycles. The largest absolute Gasteiger partial charge is 0.433 e. The zero-order valence-electron chi connectivity index (χ0n) is 20.4. The molecule has 1 fully saturated rings. The van der Waals surface area contributed by atoms with Gasteiger partial charge in [-0.1, -0.05) is 18.2 Å². The average Bonchev–Trinajstić information content (AvgIpc) is 3.39. The number of pyridine rings is 1. The quantitative estimate of drug-likeness (QED) is 0.252. The second kappa shape index (κ2) is 13.3. The van der Waals surface area contributed by atoms with Crippen molar-refractivity contribution in [2.75, 3.05) is 18.0 Å². The Morgan fingerprint density at radius 3 is 2.38 bits per heavy atom. The number of piperidine rings is 1. The molecule has 13 heteroatoms. The molecule has 2 aromatic heterocycles. The molecule has 2 N–H and O–H groups in total. The molecule has 0 spiro atoms. The minimum Gasteiger partial charge on any atom is -0.371 e. The number of H-pyrrole nitrogens is 1. The van der Waals surface area contributed by atoms with E-state index in [1.807, 2.05) is 6.07 Å². The van der Waals surface area contributed by atoms with E-state index in [4.69, 9.17) is 0 Å². The van der Waals surface area contributed by atoms with Crippen molar-refractivity contribution in [2.45, 2.75) is 25.6 Å². The van der Waals surface area contributed by atoms with Crippen LogP contribution in [0.1, 0.15) is 24.1 Å². The van der Waals surface area contributed by atoms with Crippen LogP contribution in [0.2, 0.25) is 0 Å². The highest BCUT2D eigenvalue weighted by Gasteiger charge is 2.36. The molecule has 1 amide bonds. The molecular formula is C26H26Cl3F4N5O. The number of aromatic amines is 1. The zero-order valence-corrected chi connectivity index (χ0v) is 22.8. The molecule has 0 aliphatic carbocycles. The number of alkyl halides is 3. The number of amides is 1. The summed E-state index contributed by atoms with van der Waals surface area (Å²) < 4.78 is 53.2. The number of nitrogens with one attached hydrogen (secondary N) is 2. The van der Waals surface area contributed by atoms with Gasteiger partial charge in [0.25, 0.3) is 0 Å². The lowest BCUT2D eigenvalue weighted by atomic mass is 9.94. The van der Waals surface area contributed by atoms with Crippen LogP contribution < -0.4 is 10.2 Å². The van der Waals surface area contributed by atoms with Crippen molar-refractivity contribution in [3.63, 3.8) is 0 Å². The number of carbonyl (C=O) groups is 1. The van der Waals surface area contributed by atoms with Crippen LogP contribution in [-0.4, -0.2) is 34.2 Å². The van der Waals surface area contributed by atoms with Crippen LogP contribution in [0.15, 0.2) is 60.9 Å². The normalized spacial score (nSPS) is 13.7. The fourth-order valence-electron chi connectivity index (χ4n) is 4.61. The summed E-state index contributed by atoms with van der Waals surface area (Å²) in [5, 5.41) is 9.31. The molecule has 2 aromatic carbocycles. The van der Waals surface area contributed by atoms with E-state index in [-0.39, 0.29) is 60.4 Å². The highest BCUT2D eigenvalue weighted by atomic mass is 35.5. The summed E-state index contributed by atoms with van der Waals surface area (Å²) in [6.45, 7) is 1.58. The predicted molar refractivity (Wildman–Crippen MR) is 149 cm³/mol. The number of nitrogens with zero attached hydrogens (tertiary/aromatic N) is 3. The van der Waals surface area contributed by atoms with Gasteiger partial charge in [-0.15, -0.1) is 37.2 Å². The molecule has 5 rings (SSSR count). The summed E-state index contributed by atoms with van der Waals surface area (Å²) in [5.41, 5.74) is 1.85. The highest BCUT2D eigenvalue weighted by molar-refractivity contribution is 5.95. The summed E-state index contributed by atoms with van der Waals surface area (Å²) in [6.07, 6.45) is -0.414. The SMILES string of the molecule is Cl.Cl.Cl.O=C(NCc1ccc(F)cc1)C1CCN(c2ccnc3ccc(-c4cn[nH]c4C(F)(F)F)cc23)CC1. The van der Waals surface area contributed by atoms with Crippen LogP contribution in [0.4, 0.5) is 23.2 Å². The van der Waals surface area contributed by atoms with Gasteiger partial charge in [0.2, 0.25) is 5.91 Å². The van der Waals surface area contributed by atoms with Crippen LogP contribution in [-0.2, 0) is 17.5 Å². The first-order valence-corrected chi connectivity index (χ1v) is 11.6. The van der Waals surface area contributed by atoms with E-state index >= 15 is 0 Å². The first kappa shape index (κ1) is 32.1. The lowest BCUT2D eigenvalue weighted by Gasteiger charge is -2.33. The summed E-state index contributed by atoms with van der Waals surface area (Å²) in [7, 11) is 0. The van der Waals surface area contributed by atoms with E-state index in [1.165, 1.54) is 18.3 Å². The molecule has 0 saturated carbocycles. The minimum absolute atomic E-state index is 0. The van der Waals surface area contributed by atoms with Crippen LogP contribution >= 0.6 is 37.2 Å². The Hall–Kier alpha value is -3.08. The Labute approximate surface area is 240 Å². The molecule has 4 aromatic rings. The molecule has 210 valence electrons. The van der Waals surface area contributed by atoms with E-state index in [0.717, 1.165) is 16.6 Å². The monoisotopic (exact) mass is 605 g/mol.